The molecule has 1 aliphatic carbocycles. The zero-order valence-electron chi connectivity index (χ0n) is 12.0. The van der Waals surface area contributed by atoms with Crippen LogP contribution >= 0.6 is 15.9 Å². The fraction of sp³-hybridized carbons (Fsp3) is 0.625. The van der Waals surface area contributed by atoms with Gasteiger partial charge in [0.15, 0.2) is 0 Å². The van der Waals surface area contributed by atoms with Gasteiger partial charge in [-0.05, 0) is 56.9 Å². The minimum atomic E-state index is 0.747. The lowest BCUT2D eigenvalue weighted by Crippen LogP contribution is -2.48. The van der Waals surface area contributed by atoms with E-state index in [1.165, 1.54) is 35.8 Å². The highest BCUT2D eigenvalue weighted by atomic mass is 79.9. The summed E-state index contributed by atoms with van der Waals surface area (Å²) in [5.74, 6) is 0.832. The van der Waals surface area contributed by atoms with Crippen LogP contribution in [0.1, 0.15) is 31.7 Å². The molecule has 1 aromatic carbocycles. The summed E-state index contributed by atoms with van der Waals surface area (Å²) in [5, 5.41) is 3.56. The van der Waals surface area contributed by atoms with Crippen LogP contribution in [0.4, 0.5) is 0 Å². The topological polar surface area (TPSA) is 15.3 Å². The predicted molar refractivity (Wildman–Crippen MR) is 85.3 cm³/mol. The molecular formula is C16H25BrN2. The quantitative estimate of drug-likeness (QED) is 0.770. The van der Waals surface area contributed by atoms with Crippen LogP contribution < -0.4 is 5.32 Å². The Morgan fingerprint density at radius 2 is 2.11 bits per heavy atom. The molecule has 0 amide bonds. The Bertz CT molecular complexity index is 394. The van der Waals surface area contributed by atoms with Crippen molar-refractivity contribution in [3.05, 3.63) is 34.3 Å². The largest absolute Gasteiger partial charge is 0.316 e. The number of nitrogens with one attached hydrogen (secondary N) is 1. The second-order valence-corrected chi connectivity index (χ2v) is 6.47. The van der Waals surface area contributed by atoms with Gasteiger partial charge in [-0.1, -0.05) is 41.1 Å². The zero-order valence-corrected chi connectivity index (χ0v) is 13.6. The number of halogens is 1. The molecule has 2 nitrogen and oxygen atoms in total. The van der Waals surface area contributed by atoms with Crippen LogP contribution in [0.5, 0.6) is 0 Å². The normalized spacial score (nSPS) is 22.5. The number of rotatable bonds is 7. The third-order valence-corrected chi connectivity index (χ3v) is 4.93. The molecule has 2 unspecified atom stereocenters. The molecule has 0 aliphatic heterocycles. The maximum Gasteiger partial charge on any atom is 0.0244 e. The van der Waals surface area contributed by atoms with Gasteiger partial charge in [-0.2, -0.15) is 0 Å². The molecule has 2 atom stereocenters. The monoisotopic (exact) mass is 324 g/mol. The van der Waals surface area contributed by atoms with Crippen LogP contribution in [0.3, 0.4) is 0 Å². The summed E-state index contributed by atoms with van der Waals surface area (Å²) in [6.45, 7) is 5.59. The van der Waals surface area contributed by atoms with Gasteiger partial charge in [0.25, 0.3) is 0 Å². The minimum absolute atomic E-state index is 0.747. The highest BCUT2D eigenvalue weighted by Crippen LogP contribution is 2.32. The van der Waals surface area contributed by atoms with Crippen LogP contribution in [0, 0.1) is 5.92 Å². The van der Waals surface area contributed by atoms with Gasteiger partial charge < -0.3 is 5.32 Å². The van der Waals surface area contributed by atoms with Crippen molar-refractivity contribution in [1.29, 1.82) is 0 Å². The van der Waals surface area contributed by atoms with Gasteiger partial charge in [-0.25, -0.2) is 0 Å². The Kier molecular flexibility index (Phi) is 5.86. The van der Waals surface area contributed by atoms with Crippen LogP contribution in [-0.2, 0) is 6.54 Å². The fourth-order valence-corrected chi connectivity index (χ4v) is 3.26. The van der Waals surface area contributed by atoms with Crippen molar-refractivity contribution >= 4 is 15.9 Å². The van der Waals surface area contributed by atoms with E-state index >= 15 is 0 Å². The smallest absolute Gasteiger partial charge is 0.0244 e. The molecular weight excluding hydrogens is 300 g/mol. The summed E-state index contributed by atoms with van der Waals surface area (Å²) in [6.07, 6.45) is 3.95. The molecule has 0 heterocycles. The van der Waals surface area contributed by atoms with Gasteiger partial charge in [0.2, 0.25) is 0 Å². The summed E-state index contributed by atoms with van der Waals surface area (Å²) < 4.78 is 1.22. The highest BCUT2D eigenvalue weighted by Gasteiger charge is 2.33. The Balaban J connectivity index is 1.83. The lowest BCUT2D eigenvalue weighted by atomic mass is 9.78. The molecule has 0 aromatic heterocycles. The van der Waals surface area contributed by atoms with E-state index in [-0.39, 0.29) is 0 Å². The fourth-order valence-electron chi connectivity index (χ4n) is 2.85. The van der Waals surface area contributed by atoms with E-state index in [1.807, 2.05) is 0 Å². The maximum absolute atomic E-state index is 3.64. The maximum atomic E-state index is 3.64. The lowest BCUT2D eigenvalue weighted by Gasteiger charge is -2.43. The van der Waals surface area contributed by atoms with Crippen molar-refractivity contribution in [3.8, 4) is 0 Å². The van der Waals surface area contributed by atoms with Crippen LogP contribution in [-0.4, -0.2) is 31.1 Å². The summed E-state index contributed by atoms with van der Waals surface area (Å²) >= 11 is 3.64. The van der Waals surface area contributed by atoms with Gasteiger partial charge in [-0.3, -0.25) is 4.90 Å². The molecule has 0 spiro atoms. The van der Waals surface area contributed by atoms with Crippen LogP contribution in [0.2, 0.25) is 0 Å². The molecule has 0 saturated heterocycles. The van der Waals surface area contributed by atoms with Gasteiger partial charge >= 0.3 is 0 Å². The number of hydrogen-bond acceptors (Lipinski definition) is 2. The molecule has 1 aliphatic rings. The molecule has 1 aromatic rings. The van der Waals surface area contributed by atoms with E-state index in [0.717, 1.165) is 25.0 Å². The van der Waals surface area contributed by atoms with Crippen molar-refractivity contribution < 1.29 is 0 Å². The minimum Gasteiger partial charge on any atom is -0.316 e. The Morgan fingerprint density at radius 1 is 1.32 bits per heavy atom. The zero-order chi connectivity index (χ0) is 13.7. The number of hydrogen-bond donors (Lipinski definition) is 1. The Labute approximate surface area is 125 Å². The molecule has 1 saturated carbocycles. The number of benzene rings is 1. The van der Waals surface area contributed by atoms with Crippen LogP contribution in [0.25, 0.3) is 0 Å². The molecule has 2 rings (SSSR count). The third-order valence-electron chi connectivity index (χ3n) is 4.15. The predicted octanol–water partition coefficient (Wildman–Crippen LogP) is 3.66. The Hall–Kier alpha value is -0.380. The van der Waals surface area contributed by atoms with Gasteiger partial charge in [0, 0.05) is 17.1 Å². The molecule has 0 radical (unpaired) electrons. The molecule has 0 bridgehead atoms. The summed E-state index contributed by atoms with van der Waals surface area (Å²) in [6, 6.07) is 9.29. The summed E-state index contributed by atoms with van der Waals surface area (Å²) in [7, 11) is 2.26. The first-order chi connectivity index (χ1) is 9.22. The van der Waals surface area contributed by atoms with E-state index < -0.39 is 0 Å². The van der Waals surface area contributed by atoms with Gasteiger partial charge in [0.1, 0.15) is 0 Å². The van der Waals surface area contributed by atoms with E-state index in [4.69, 9.17) is 0 Å². The molecule has 1 N–H and O–H groups in total. The first kappa shape index (κ1) is 15.0. The standard InChI is InChI=1S/C16H25BrN2/c1-3-10-18-11-13-8-9-16(13)19(2)12-14-6-4-5-7-15(14)17/h4-7,13,16,18H,3,8-12H2,1-2H3. The second kappa shape index (κ2) is 7.41. The average Bonchev–Trinajstić information content (AvgIpc) is 2.36. The van der Waals surface area contributed by atoms with Gasteiger partial charge in [0.05, 0.1) is 0 Å². The first-order valence-electron chi connectivity index (χ1n) is 7.36. The number of nitrogens with zero attached hydrogens (tertiary/aromatic N) is 1. The molecule has 1 fully saturated rings. The first-order valence-corrected chi connectivity index (χ1v) is 8.16. The summed E-state index contributed by atoms with van der Waals surface area (Å²) in [4.78, 5) is 2.52. The van der Waals surface area contributed by atoms with Crippen molar-refractivity contribution in [2.75, 3.05) is 20.1 Å². The van der Waals surface area contributed by atoms with Gasteiger partial charge in [-0.15, -0.1) is 0 Å². The third kappa shape index (κ3) is 4.04. The SMILES string of the molecule is CCCNCC1CCC1N(C)Cc1ccccc1Br. The molecule has 106 valence electrons. The van der Waals surface area contributed by atoms with E-state index in [1.54, 1.807) is 0 Å². The van der Waals surface area contributed by atoms with E-state index in [2.05, 4.69) is 64.4 Å². The van der Waals surface area contributed by atoms with Crippen molar-refractivity contribution in [2.24, 2.45) is 5.92 Å². The summed E-state index contributed by atoms with van der Waals surface area (Å²) in [5.41, 5.74) is 1.39. The van der Waals surface area contributed by atoms with Crippen LogP contribution in [0.15, 0.2) is 28.7 Å². The second-order valence-electron chi connectivity index (χ2n) is 5.62. The lowest BCUT2D eigenvalue weighted by molar-refractivity contribution is 0.0780. The molecule has 3 heteroatoms. The van der Waals surface area contributed by atoms with E-state index in [9.17, 15) is 0 Å². The van der Waals surface area contributed by atoms with E-state index in [0.29, 0.717) is 0 Å². The van der Waals surface area contributed by atoms with Crippen molar-refractivity contribution in [1.82, 2.24) is 10.2 Å². The Morgan fingerprint density at radius 3 is 2.74 bits per heavy atom. The van der Waals surface area contributed by atoms with Crippen molar-refractivity contribution in [2.45, 2.75) is 38.8 Å². The average molecular weight is 325 g/mol. The highest BCUT2D eigenvalue weighted by molar-refractivity contribution is 9.10. The van der Waals surface area contributed by atoms with Crippen molar-refractivity contribution in [3.63, 3.8) is 0 Å². The molecule has 19 heavy (non-hydrogen) atoms.